The zero-order valence-corrected chi connectivity index (χ0v) is 10.1. The van der Waals surface area contributed by atoms with Crippen molar-refractivity contribution in [2.45, 2.75) is 33.1 Å². The third kappa shape index (κ3) is 2.62. The van der Waals surface area contributed by atoms with E-state index in [0.717, 1.165) is 30.6 Å². The molecule has 1 aliphatic heterocycles. The van der Waals surface area contributed by atoms with Crippen LogP contribution in [0.5, 0.6) is 0 Å². The Kier molecular flexibility index (Phi) is 3.59. The lowest BCUT2D eigenvalue weighted by Crippen LogP contribution is -2.28. The second-order valence-corrected chi connectivity index (χ2v) is 4.93. The summed E-state index contributed by atoms with van der Waals surface area (Å²) in [6.45, 7) is 6.18. The normalized spacial score (nSPS) is 17.7. The number of rotatable bonds is 2. The molecule has 1 aliphatic rings. The maximum absolute atomic E-state index is 13.8. The zero-order chi connectivity index (χ0) is 11.5. The van der Waals surface area contributed by atoms with E-state index in [9.17, 15) is 4.39 Å². The highest BCUT2D eigenvalue weighted by molar-refractivity contribution is 5.31. The van der Waals surface area contributed by atoms with Gasteiger partial charge in [-0.3, -0.25) is 0 Å². The second kappa shape index (κ2) is 4.96. The van der Waals surface area contributed by atoms with Crippen LogP contribution in [0, 0.1) is 25.6 Å². The molecule has 0 aliphatic carbocycles. The first-order chi connectivity index (χ1) is 7.66. The number of benzene rings is 1. The minimum absolute atomic E-state index is 0.0263. The summed E-state index contributed by atoms with van der Waals surface area (Å²) < 4.78 is 13.8. The summed E-state index contributed by atoms with van der Waals surface area (Å²) >= 11 is 0. The Bertz CT molecular complexity index is 367. The number of piperidine rings is 1. The van der Waals surface area contributed by atoms with Gasteiger partial charge in [0.1, 0.15) is 5.82 Å². The molecule has 1 fully saturated rings. The van der Waals surface area contributed by atoms with Crippen molar-refractivity contribution in [2.75, 3.05) is 13.1 Å². The summed E-state index contributed by atoms with van der Waals surface area (Å²) in [5.41, 5.74) is 3.15. The summed E-state index contributed by atoms with van der Waals surface area (Å²) in [6, 6.07) is 3.69. The van der Waals surface area contributed by atoms with Gasteiger partial charge in [0.25, 0.3) is 0 Å². The molecule has 1 aromatic carbocycles. The molecule has 1 nitrogen and oxygen atoms in total. The molecule has 0 unspecified atom stereocenters. The van der Waals surface area contributed by atoms with Gasteiger partial charge in [-0.1, -0.05) is 6.07 Å². The van der Waals surface area contributed by atoms with Gasteiger partial charge in [-0.25, -0.2) is 4.39 Å². The Labute approximate surface area is 97.1 Å². The maximum atomic E-state index is 13.8. The first-order valence-corrected chi connectivity index (χ1v) is 6.13. The van der Waals surface area contributed by atoms with Gasteiger partial charge in [0.05, 0.1) is 0 Å². The fourth-order valence-corrected chi connectivity index (χ4v) is 2.39. The molecule has 1 saturated heterocycles. The molecule has 0 aromatic heterocycles. The Hall–Kier alpha value is -0.890. The zero-order valence-electron chi connectivity index (χ0n) is 10.1. The van der Waals surface area contributed by atoms with E-state index in [1.54, 1.807) is 6.07 Å². The van der Waals surface area contributed by atoms with Gasteiger partial charge in [0, 0.05) is 0 Å². The van der Waals surface area contributed by atoms with E-state index in [1.807, 2.05) is 13.0 Å². The highest BCUT2D eigenvalue weighted by Crippen LogP contribution is 2.22. The van der Waals surface area contributed by atoms with Crippen LogP contribution < -0.4 is 5.32 Å². The lowest BCUT2D eigenvalue weighted by Gasteiger charge is -2.23. The number of halogens is 1. The molecular formula is C14H20FN. The number of hydrogen-bond acceptors (Lipinski definition) is 1. The van der Waals surface area contributed by atoms with E-state index in [2.05, 4.69) is 12.2 Å². The fraction of sp³-hybridized carbons (Fsp3) is 0.571. The van der Waals surface area contributed by atoms with Gasteiger partial charge in [0.2, 0.25) is 0 Å². The predicted octanol–water partition coefficient (Wildman–Crippen LogP) is 2.98. The van der Waals surface area contributed by atoms with Crippen molar-refractivity contribution in [1.29, 1.82) is 0 Å². The van der Waals surface area contributed by atoms with Gasteiger partial charge in [-0.15, -0.1) is 0 Å². The maximum Gasteiger partial charge on any atom is 0.126 e. The van der Waals surface area contributed by atoms with Crippen molar-refractivity contribution < 1.29 is 4.39 Å². The van der Waals surface area contributed by atoms with Crippen LogP contribution >= 0.6 is 0 Å². The molecule has 0 spiro atoms. The van der Waals surface area contributed by atoms with Crippen molar-refractivity contribution in [2.24, 2.45) is 5.92 Å². The Morgan fingerprint density at radius 1 is 1.19 bits per heavy atom. The van der Waals surface area contributed by atoms with Crippen LogP contribution in [0.2, 0.25) is 0 Å². The Morgan fingerprint density at radius 2 is 1.81 bits per heavy atom. The summed E-state index contributed by atoms with van der Waals surface area (Å²) in [5.74, 6) is 0.625. The molecule has 2 rings (SSSR count). The molecule has 1 aromatic rings. The van der Waals surface area contributed by atoms with E-state index < -0.39 is 0 Å². The molecule has 16 heavy (non-hydrogen) atoms. The van der Waals surface area contributed by atoms with Crippen molar-refractivity contribution in [1.82, 2.24) is 5.32 Å². The molecule has 0 saturated carbocycles. The van der Waals surface area contributed by atoms with Crippen molar-refractivity contribution in [3.63, 3.8) is 0 Å². The van der Waals surface area contributed by atoms with E-state index in [1.165, 1.54) is 18.4 Å². The molecule has 2 heteroatoms. The molecule has 0 atom stereocenters. The van der Waals surface area contributed by atoms with Gasteiger partial charge in [-0.2, -0.15) is 0 Å². The highest BCUT2D eigenvalue weighted by Gasteiger charge is 2.15. The van der Waals surface area contributed by atoms with Crippen LogP contribution in [-0.2, 0) is 6.42 Å². The van der Waals surface area contributed by atoms with Crippen LogP contribution in [0.15, 0.2) is 12.1 Å². The van der Waals surface area contributed by atoms with Crippen molar-refractivity contribution >= 4 is 0 Å². The molecule has 0 amide bonds. The standard InChI is InChI=1S/C14H20FN/c1-10-7-13(14(15)8-11(10)2)9-12-3-5-16-6-4-12/h7-8,12,16H,3-6,9H2,1-2H3. The average molecular weight is 221 g/mol. The number of aryl methyl sites for hydroxylation is 2. The molecule has 88 valence electrons. The number of hydrogen-bond donors (Lipinski definition) is 1. The van der Waals surface area contributed by atoms with E-state index in [-0.39, 0.29) is 5.82 Å². The van der Waals surface area contributed by atoms with E-state index >= 15 is 0 Å². The average Bonchev–Trinajstić information content (AvgIpc) is 2.27. The molecule has 1 heterocycles. The summed E-state index contributed by atoms with van der Waals surface area (Å²) in [6.07, 6.45) is 3.24. The van der Waals surface area contributed by atoms with Crippen molar-refractivity contribution in [3.05, 3.63) is 34.6 Å². The topological polar surface area (TPSA) is 12.0 Å². The van der Waals surface area contributed by atoms with Gasteiger partial charge in [0.15, 0.2) is 0 Å². The molecular weight excluding hydrogens is 201 g/mol. The largest absolute Gasteiger partial charge is 0.317 e. The molecule has 0 bridgehead atoms. The van der Waals surface area contributed by atoms with Crippen LogP contribution in [0.3, 0.4) is 0 Å². The lowest BCUT2D eigenvalue weighted by molar-refractivity contribution is 0.368. The van der Waals surface area contributed by atoms with Gasteiger partial charge < -0.3 is 5.32 Å². The Balaban J connectivity index is 2.11. The van der Waals surface area contributed by atoms with Crippen LogP contribution in [0.4, 0.5) is 4.39 Å². The van der Waals surface area contributed by atoms with Crippen LogP contribution in [0.25, 0.3) is 0 Å². The number of nitrogens with one attached hydrogen (secondary N) is 1. The van der Waals surface area contributed by atoms with Crippen LogP contribution in [0.1, 0.15) is 29.5 Å². The van der Waals surface area contributed by atoms with E-state index in [4.69, 9.17) is 0 Å². The van der Waals surface area contributed by atoms with E-state index in [0.29, 0.717) is 5.92 Å². The second-order valence-electron chi connectivity index (χ2n) is 4.93. The predicted molar refractivity (Wildman–Crippen MR) is 65.2 cm³/mol. The Morgan fingerprint density at radius 3 is 2.50 bits per heavy atom. The summed E-state index contributed by atoms with van der Waals surface area (Å²) in [5, 5.41) is 3.34. The molecule has 0 radical (unpaired) electrons. The minimum atomic E-state index is -0.0263. The SMILES string of the molecule is Cc1cc(F)c(CC2CCNCC2)cc1C. The third-order valence-electron chi connectivity index (χ3n) is 3.63. The monoisotopic (exact) mass is 221 g/mol. The van der Waals surface area contributed by atoms with Crippen LogP contribution in [-0.4, -0.2) is 13.1 Å². The first kappa shape index (κ1) is 11.6. The third-order valence-corrected chi connectivity index (χ3v) is 3.63. The highest BCUT2D eigenvalue weighted by atomic mass is 19.1. The van der Waals surface area contributed by atoms with Crippen molar-refractivity contribution in [3.8, 4) is 0 Å². The minimum Gasteiger partial charge on any atom is -0.317 e. The first-order valence-electron chi connectivity index (χ1n) is 6.13. The fourth-order valence-electron chi connectivity index (χ4n) is 2.39. The van der Waals surface area contributed by atoms with Gasteiger partial charge in [-0.05, 0) is 74.9 Å². The molecule has 1 N–H and O–H groups in total. The quantitative estimate of drug-likeness (QED) is 0.809. The summed E-state index contributed by atoms with van der Waals surface area (Å²) in [4.78, 5) is 0. The summed E-state index contributed by atoms with van der Waals surface area (Å²) in [7, 11) is 0. The smallest absolute Gasteiger partial charge is 0.126 e. The van der Waals surface area contributed by atoms with Gasteiger partial charge >= 0.3 is 0 Å². The lowest BCUT2D eigenvalue weighted by atomic mass is 9.89.